The van der Waals surface area contributed by atoms with Crippen LogP contribution in [0.15, 0.2) is 24.3 Å². The molecule has 0 bridgehead atoms. The molecule has 0 saturated heterocycles. The van der Waals surface area contributed by atoms with E-state index in [4.69, 9.17) is 5.11 Å². The molecule has 1 aliphatic rings. The Kier molecular flexibility index (Phi) is 6.10. The fourth-order valence-electron chi connectivity index (χ4n) is 3.16. The molecule has 0 heterocycles. The molecule has 1 aliphatic carbocycles. The summed E-state index contributed by atoms with van der Waals surface area (Å²) < 4.78 is 0. The second kappa shape index (κ2) is 8.08. The van der Waals surface area contributed by atoms with Crippen molar-refractivity contribution in [3.63, 3.8) is 0 Å². The number of hydrogen-bond acceptors (Lipinski definition) is 1. The van der Waals surface area contributed by atoms with Crippen LogP contribution in [0.4, 0.5) is 0 Å². The fraction of sp³-hybridized carbons (Fsp3) is 0.611. The number of carboxylic acid groups (broad SMARTS) is 1. The lowest BCUT2D eigenvalue weighted by atomic mass is 9.85. The minimum Gasteiger partial charge on any atom is -0.481 e. The van der Waals surface area contributed by atoms with Crippen LogP contribution in [0.25, 0.3) is 0 Å². The number of benzene rings is 1. The van der Waals surface area contributed by atoms with Crippen molar-refractivity contribution < 1.29 is 9.90 Å². The second-order valence-electron chi connectivity index (χ2n) is 6.11. The molecule has 1 N–H and O–H groups in total. The third-order valence-electron chi connectivity index (χ3n) is 4.45. The van der Waals surface area contributed by atoms with E-state index in [-0.39, 0.29) is 6.42 Å². The minimum atomic E-state index is -0.700. The Morgan fingerprint density at radius 2 is 1.60 bits per heavy atom. The highest BCUT2D eigenvalue weighted by molar-refractivity contribution is 5.66. The largest absolute Gasteiger partial charge is 0.481 e. The summed E-state index contributed by atoms with van der Waals surface area (Å²) in [6.07, 6.45) is 11.5. The topological polar surface area (TPSA) is 37.3 Å². The molecule has 0 spiro atoms. The number of aryl methyl sites for hydroxylation is 2. The van der Waals surface area contributed by atoms with E-state index in [0.29, 0.717) is 0 Å². The van der Waals surface area contributed by atoms with Gasteiger partial charge in [-0.25, -0.2) is 0 Å². The van der Waals surface area contributed by atoms with Crippen molar-refractivity contribution in [3.8, 4) is 0 Å². The maximum atomic E-state index is 10.5. The number of aliphatic carboxylic acids is 1. The molecule has 110 valence electrons. The Labute approximate surface area is 122 Å². The highest BCUT2D eigenvalue weighted by Gasteiger charge is 2.12. The molecule has 1 aromatic carbocycles. The molecule has 2 heteroatoms. The molecule has 1 aromatic rings. The average molecular weight is 274 g/mol. The molecule has 1 saturated carbocycles. The lowest BCUT2D eigenvalue weighted by Gasteiger charge is -2.21. The molecule has 2 rings (SSSR count). The van der Waals surface area contributed by atoms with E-state index in [1.54, 1.807) is 0 Å². The van der Waals surface area contributed by atoms with E-state index >= 15 is 0 Å². The third kappa shape index (κ3) is 5.36. The molecule has 0 aromatic heterocycles. The van der Waals surface area contributed by atoms with Crippen LogP contribution in [-0.2, 0) is 17.6 Å². The molecule has 0 atom stereocenters. The zero-order valence-corrected chi connectivity index (χ0v) is 12.3. The summed E-state index contributed by atoms with van der Waals surface area (Å²) in [6, 6.07) is 8.77. The SMILES string of the molecule is O=C(O)CCCc1ccc(CCC2CCCCC2)cc1. The van der Waals surface area contributed by atoms with Gasteiger partial charge in [0, 0.05) is 6.42 Å². The van der Waals surface area contributed by atoms with E-state index in [9.17, 15) is 4.79 Å². The van der Waals surface area contributed by atoms with E-state index in [1.165, 1.54) is 56.1 Å². The predicted octanol–water partition coefficient (Wildman–Crippen LogP) is 4.61. The van der Waals surface area contributed by atoms with Gasteiger partial charge in [-0.1, -0.05) is 56.4 Å². The molecular formula is C18H26O2. The van der Waals surface area contributed by atoms with Crippen LogP contribution in [0.5, 0.6) is 0 Å². The van der Waals surface area contributed by atoms with Crippen molar-refractivity contribution in [1.82, 2.24) is 0 Å². The summed E-state index contributed by atoms with van der Waals surface area (Å²) in [5, 5.41) is 8.63. The van der Waals surface area contributed by atoms with E-state index in [2.05, 4.69) is 24.3 Å². The highest BCUT2D eigenvalue weighted by Crippen LogP contribution is 2.27. The highest BCUT2D eigenvalue weighted by atomic mass is 16.4. The van der Waals surface area contributed by atoms with Crippen molar-refractivity contribution in [2.45, 2.75) is 64.2 Å². The van der Waals surface area contributed by atoms with Crippen molar-refractivity contribution in [3.05, 3.63) is 35.4 Å². The second-order valence-corrected chi connectivity index (χ2v) is 6.11. The van der Waals surface area contributed by atoms with Gasteiger partial charge in [-0.15, -0.1) is 0 Å². The predicted molar refractivity (Wildman–Crippen MR) is 81.9 cm³/mol. The van der Waals surface area contributed by atoms with E-state index in [0.717, 1.165) is 18.8 Å². The Balaban J connectivity index is 1.71. The molecule has 0 radical (unpaired) electrons. The number of hydrogen-bond donors (Lipinski definition) is 1. The fourth-order valence-corrected chi connectivity index (χ4v) is 3.16. The molecule has 0 amide bonds. The zero-order chi connectivity index (χ0) is 14.2. The molecule has 20 heavy (non-hydrogen) atoms. The first-order valence-electron chi connectivity index (χ1n) is 8.03. The maximum absolute atomic E-state index is 10.5. The Morgan fingerprint density at radius 1 is 1.00 bits per heavy atom. The monoisotopic (exact) mass is 274 g/mol. The first kappa shape index (κ1) is 15.1. The van der Waals surface area contributed by atoms with Gasteiger partial charge in [0.1, 0.15) is 0 Å². The summed E-state index contributed by atoms with van der Waals surface area (Å²) in [7, 11) is 0. The van der Waals surface area contributed by atoms with Gasteiger partial charge >= 0.3 is 5.97 Å². The quantitative estimate of drug-likeness (QED) is 0.788. The van der Waals surface area contributed by atoms with Crippen LogP contribution in [0.1, 0.15) is 62.5 Å². The van der Waals surface area contributed by atoms with Gasteiger partial charge in [-0.05, 0) is 42.7 Å². The first-order valence-corrected chi connectivity index (χ1v) is 8.03. The lowest BCUT2D eigenvalue weighted by molar-refractivity contribution is -0.137. The lowest BCUT2D eigenvalue weighted by Crippen LogP contribution is -2.07. The van der Waals surface area contributed by atoms with Crippen molar-refractivity contribution in [2.24, 2.45) is 5.92 Å². The molecular weight excluding hydrogens is 248 g/mol. The van der Waals surface area contributed by atoms with Crippen LogP contribution in [-0.4, -0.2) is 11.1 Å². The van der Waals surface area contributed by atoms with Crippen LogP contribution in [0.3, 0.4) is 0 Å². The molecule has 0 aliphatic heterocycles. The Bertz CT molecular complexity index is 402. The number of rotatable bonds is 7. The van der Waals surface area contributed by atoms with Crippen molar-refractivity contribution in [1.29, 1.82) is 0 Å². The van der Waals surface area contributed by atoms with Gasteiger partial charge in [0.15, 0.2) is 0 Å². The first-order chi connectivity index (χ1) is 9.74. The van der Waals surface area contributed by atoms with Gasteiger partial charge in [0.2, 0.25) is 0 Å². The van der Waals surface area contributed by atoms with Gasteiger partial charge in [-0.3, -0.25) is 4.79 Å². The minimum absolute atomic E-state index is 0.267. The Hall–Kier alpha value is -1.31. The Morgan fingerprint density at radius 3 is 2.20 bits per heavy atom. The summed E-state index contributed by atoms with van der Waals surface area (Å²) in [4.78, 5) is 10.5. The van der Waals surface area contributed by atoms with Crippen LogP contribution < -0.4 is 0 Å². The number of carbonyl (C=O) groups is 1. The van der Waals surface area contributed by atoms with Gasteiger partial charge in [-0.2, -0.15) is 0 Å². The number of carboxylic acids is 1. The smallest absolute Gasteiger partial charge is 0.303 e. The third-order valence-corrected chi connectivity index (χ3v) is 4.45. The standard InChI is InChI=1S/C18H26O2/c19-18(20)8-4-7-16-10-13-17(14-11-16)12-9-15-5-2-1-3-6-15/h10-11,13-15H,1-9,12H2,(H,19,20). The van der Waals surface area contributed by atoms with Gasteiger partial charge in [0.25, 0.3) is 0 Å². The summed E-state index contributed by atoms with van der Waals surface area (Å²) in [5.41, 5.74) is 2.69. The van der Waals surface area contributed by atoms with Crippen molar-refractivity contribution in [2.75, 3.05) is 0 Å². The van der Waals surface area contributed by atoms with Gasteiger partial charge < -0.3 is 5.11 Å². The van der Waals surface area contributed by atoms with Gasteiger partial charge in [0.05, 0.1) is 0 Å². The van der Waals surface area contributed by atoms with Crippen molar-refractivity contribution >= 4 is 5.97 Å². The van der Waals surface area contributed by atoms with Crippen LogP contribution in [0.2, 0.25) is 0 Å². The van der Waals surface area contributed by atoms with E-state index < -0.39 is 5.97 Å². The molecule has 0 unspecified atom stereocenters. The summed E-state index contributed by atoms with van der Waals surface area (Å²) in [6.45, 7) is 0. The summed E-state index contributed by atoms with van der Waals surface area (Å²) in [5.74, 6) is 0.244. The summed E-state index contributed by atoms with van der Waals surface area (Å²) >= 11 is 0. The van der Waals surface area contributed by atoms with Crippen LogP contribution >= 0.6 is 0 Å². The average Bonchev–Trinajstić information content (AvgIpc) is 2.47. The normalized spacial score (nSPS) is 16.2. The van der Waals surface area contributed by atoms with Crippen LogP contribution in [0, 0.1) is 5.92 Å². The maximum Gasteiger partial charge on any atom is 0.303 e. The van der Waals surface area contributed by atoms with E-state index in [1.807, 2.05) is 0 Å². The molecule has 2 nitrogen and oxygen atoms in total. The molecule has 1 fully saturated rings. The zero-order valence-electron chi connectivity index (χ0n) is 12.3.